The Kier molecular flexibility index (Phi) is 9.61. The van der Waals surface area contributed by atoms with Crippen molar-refractivity contribution in [2.45, 2.75) is 19.8 Å². The van der Waals surface area contributed by atoms with E-state index in [0.29, 0.717) is 5.57 Å². The molecule has 0 radical (unpaired) electrons. The van der Waals surface area contributed by atoms with Gasteiger partial charge in [-0.2, -0.15) is 0 Å². The van der Waals surface area contributed by atoms with Gasteiger partial charge in [0.15, 0.2) is 0 Å². The first-order valence-electron chi connectivity index (χ1n) is 4.15. The Bertz CT molecular complexity index is 178. The standard InChI is InChI=1S/C9H18N2O.BrH/c1-8(9(10)12)6-4-5-7-11(2)3;/h6H,4-5,7H2,1-3H3,(H2,10,12);1H. The van der Waals surface area contributed by atoms with Crippen LogP contribution >= 0.6 is 17.0 Å². The molecule has 0 fully saturated rings. The molecule has 3 nitrogen and oxygen atoms in total. The highest BCUT2D eigenvalue weighted by molar-refractivity contribution is 8.93. The largest absolute Gasteiger partial charge is 0.366 e. The molecule has 0 aromatic heterocycles. The molecule has 2 N–H and O–H groups in total. The molecule has 0 aromatic carbocycles. The number of amides is 1. The van der Waals surface area contributed by atoms with E-state index < -0.39 is 0 Å². The van der Waals surface area contributed by atoms with Crippen molar-refractivity contribution in [2.24, 2.45) is 5.73 Å². The summed E-state index contributed by atoms with van der Waals surface area (Å²) < 4.78 is 0. The maximum absolute atomic E-state index is 10.6. The lowest BCUT2D eigenvalue weighted by Gasteiger charge is -2.06. The van der Waals surface area contributed by atoms with E-state index >= 15 is 0 Å². The number of rotatable bonds is 5. The lowest BCUT2D eigenvalue weighted by atomic mass is 10.2. The van der Waals surface area contributed by atoms with Gasteiger partial charge in [-0.1, -0.05) is 6.08 Å². The number of unbranched alkanes of at least 4 members (excludes halogenated alkanes) is 1. The minimum absolute atomic E-state index is 0. The predicted octanol–water partition coefficient (Wildman–Crippen LogP) is 1.34. The summed E-state index contributed by atoms with van der Waals surface area (Å²) in [5, 5.41) is 0. The van der Waals surface area contributed by atoms with Crippen molar-refractivity contribution < 1.29 is 4.79 Å². The monoisotopic (exact) mass is 250 g/mol. The number of carbonyl (C=O) groups is 1. The number of halogens is 1. The number of primary amides is 1. The van der Waals surface area contributed by atoms with E-state index in [4.69, 9.17) is 5.73 Å². The van der Waals surface area contributed by atoms with Gasteiger partial charge >= 0.3 is 0 Å². The Morgan fingerprint density at radius 1 is 1.46 bits per heavy atom. The number of allylic oxidation sites excluding steroid dienone is 1. The second kappa shape index (κ2) is 8.26. The molecule has 0 saturated heterocycles. The lowest BCUT2D eigenvalue weighted by molar-refractivity contribution is -0.114. The Morgan fingerprint density at radius 2 is 2.00 bits per heavy atom. The molecule has 0 rings (SSSR count). The van der Waals surface area contributed by atoms with Gasteiger partial charge in [0.2, 0.25) is 5.91 Å². The van der Waals surface area contributed by atoms with Crippen molar-refractivity contribution >= 4 is 22.9 Å². The zero-order valence-corrected chi connectivity index (χ0v) is 10.3. The average Bonchev–Trinajstić information content (AvgIpc) is 1.97. The van der Waals surface area contributed by atoms with Crippen LogP contribution in [0.4, 0.5) is 0 Å². The van der Waals surface area contributed by atoms with Gasteiger partial charge in [-0.25, -0.2) is 0 Å². The molecule has 0 saturated carbocycles. The van der Waals surface area contributed by atoms with Crippen LogP contribution in [0.15, 0.2) is 11.6 Å². The van der Waals surface area contributed by atoms with Gasteiger partial charge in [0.25, 0.3) is 0 Å². The van der Waals surface area contributed by atoms with E-state index in [1.54, 1.807) is 6.92 Å². The fourth-order valence-corrected chi connectivity index (χ4v) is 0.827. The van der Waals surface area contributed by atoms with E-state index in [2.05, 4.69) is 4.90 Å². The van der Waals surface area contributed by atoms with Crippen molar-refractivity contribution in [1.29, 1.82) is 0 Å². The van der Waals surface area contributed by atoms with E-state index in [-0.39, 0.29) is 22.9 Å². The molecule has 0 spiro atoms. The van der Waals surface area contributed by atoms with Gasteiger partial charge in [-0.15, -0.1) is 17.0 Å². The highest BCUT2D eigenvalue weighted by Gasteiger charge is 1.95. The van der Waals surface area contributed by atoms with Crippen LogP contribution in [-0.4, -0.2) is 31.4 Å². The summed E-state index contributed by atoms with van der Waals surface area (Å²) >= 11 is 0. The van der Waals surface area contributed by atoms with Gasteiger partial charge < -0.3 is 10.6 Å². The zero-order chi connectivity index (χ0) is 9.56. The van der Waals surface area contributed by atoms with Crippen LogP contribution in [0.5, 0.6) is 0 Å². The molecule has 0 atom stereocenters. The summed E-state index contributed by atoms with van der Waals surface area (Å²) in [6.45, 7) is 2.79. The Labute approximate surface area is 90.7 Å². The molecular formula is C9H19BrN2O. The Hall–Kier alpha value is -0.350. The molecule has 13 heavy (non-hydrogen) atoms. The summed E-state index contributed by atoms with van der Waals surface area (Å²) in [6, 6.07) is 0. The van der Waals surface area contributed by atoms with Crippen molar-refractivity contribution in [3.05, 3.63) is 11.6 Å². The third-order valence-corrected chi connectivity index (χ3v) is 1.65. The van der Waals surface area contributed by atoms with Gasteiger partial charge in [0, 0.05) is 5.57 Å². The molecule has 1 amide bonds. The lowest BCUT2D eigenvalue weighted by Crippen LogP contribution is -2.13. The predicted molar refractivity (Wildman–Crippen MR) is 61.1 cm³/mol. The van der Waals surface area contributed by atoms with E-state index in [9.17, 15) is 4.79 Å². The quantitative estimate of drug-likeness (QED) is 0.592. The summed E-state index contributed by atoms with van der Waals surface area (Å²) in [4.78, 5) is 12.7. The number of hydrogen-bond acceptors (Lipinski definition) is 2. The molecule has 0 heterocycles. The van der Waals surface area contributed by atoms with Gasteiger partial charge in [0.05, 0.1) is 0 Å². The molecular weight excluding hydrogens is 232 g/mol. The van der Waals surface area contributed by atoms with Crippen LogP contribution in [0.1, 0.15) is 19.8 Å². The van der Waals surface area contributed by atoms with Crippen LogP contribution < -0.4 is 5.73 Å². The van der Waals surface area contributed by atoms with Gasteiger partial charge in [0.1, 0.15) is 0 Å². The molecule has 0 aromatic rings. The Morgan fingerprint density at radius 3 is 2.38 bits per heavy atom. The van der Waals surface area contributed by atoms with Crippen molar-refractivity contribution in [1.82, 2.24) is 4.90 Å². The van der Waals surface area contributed by atoms with Crippen molar-refractivity contribution in [3.8, 4) is 0 Å². The van der Waals surface area contributed by atoms with E-state index in [1.807, 2.05) is 20.2 Å². The molecule has 0 aliphatic rings. The van der Waals surface area contributed by atoms with Crippen molar-refractivity contribution in [3.63, 3.8) is 0 Å². The smallest absolute Gasteiger partial charge is 0.244 e. The fraction of sp³-hybridized carbons (Fsp3) is 0.667. The summed E-state index contributed by atoms with van der Waals surface area (Å²) in [7, 11) is 4.06. The highest BCUT2D eigenvalue weighted by Crippen LogP contribution is 1.97. The average molecular weight is 251 g/mol. The first-order valence-corrected chi connectivity index (χ1v) is 4.15. The first kappa shape index (κ1) is 15.1. The first-order chi connectivity index (χ1) is 5.54. The molecule has 0 unspecified atom stereocenters. The van der Waals surface area contributed by atoms with Crippen LogP contribution in [0, 0.1) is 0 Å². The molecule has 0 aliphatic carbocycles. The summed E-state index contributed by atoms with van der Waals surface area (Å²) in [5.74, 6) is -0.320. The molecule has 78 valence electrons. The topological polar surface area (TPSA) is 46.3 Å². The Balaban J connectivity index is 0. The van der Waals surface area contributed by atoms with Crippen LogP contribution in [0.3, 0.4) is 0 Å². The number of nitrogens with zero attached hydrogens (tertiary/aromatic N) is 1. The minimum atomic E-state index is -0.320. The maximum atomic E-state index is 10.6. The van der Waals surface area contributed by atoms with Crippen LogP contribution in [0.2, 0.25) is 0 Å². The molecule has 0 aliphatic heterocycles. The SMILES string of the molecule is Br.CC(=CCCCN(C)C)C(N)=O. The van der Waals surface area contributed by atoms with Gasteiger partial charge in [-0.3, -0.25) is 4.79 Å². The number of carbonyl (C=O) groups excluding carboxylic acids is 1. The number of hydrogen-bond donors (Lipinski definition) is 1. The van der Waals surface area contributed by atoms with Crippen LogP contribution in [0.25, 0.3) is 0 Å². The van der Waals surface area contributed by atoms with E-state index in [1.165, 1.54) is 0 Å². The molecule has 4 heteroatoms. The minimum Gasteiger partial charge on any atom is -0.366 e. The fourth-order valence-electron chi connectivity index (χ4n) is 0.827. The zero-order valence-electron chi connectivity index (χ0n) is 8.54. The van der Waals surface area contributed by atoms with E-state index in [0.717, 1.165) is 19.4 Å². The van der Waals surface area contributed by atoms with Gasteiger partial charge in [-0.05, 0) is 40.4 Å². The third-order valence-electron chi connectivity index (χ3n) is 1.65. The molecule has 0 bridgehead atoms. The normalized spacial score (nSPS) is 11.2. The second-order valence-corrected chi connectivity index (χ2v) is 3.20. The summed E-state index contributed by atoms with van der Waals surface area (Å²) in [6.07, 6.45) is 3.89. The maximum Gasteiger partial charge on any atom is 0.244 e. The third kappa shape index (κ3) is 9.56. The van der Waals surface area contributed by atoms with Crippen molar-refractivity contribution in [2.75, 3.05) is 20.6 Å². The highest BCUT2D eigenvalue weighted by atomic mass is 79.9. The number of nitrogens with two attached hydrogens (primary N) is 1. The van der Waals surface area contributed by atoms with Crippen LogP contribution in [-0.2, 0) is 4.79 Å². The summed E-state index contributed by atoms with van der Waals surface area (Å²) in [5.41, 5.74) is 5.72. The second-order valence-electron chi connectivity index (χ2n) is 3.20.